The third-order valence-electron chi connectivity index (χ3n) is 1.28. The van der Waals surface area contributed by atoms with Gasteiger partial charge in [0.1, 0.15) is 0 Å². The van der Waals surface area contributed by atoms with Crippen LogP contribution in [-0.4, -0.2) is 11.5 Å². The summed E-state index contributed by atoms with van der Waals surface area (Å²) < 4.78 is 0.796. The summed E-state index contributed by atoms with van der Waals surface area (Å²) in [5.74, 6) is 0. The van der Waals surface area contributed by atoms with Gasteiger partial charge in [-0.15, -0.1) is 0 Å². The monoisotopic (exact) mass is 216 g/mol. The van der Waals surface area contributed by atoms with E-state index in [1.807, 2.05) is 6.07 Å². The minimum Gasteiger partial charge on any atom is -0.330 e. The summed E-state index contributed by atoms with van der Waals surface area (Å²) in [4.78, 5) is 13.5. The maximum atomic E-state index is 10.9. The van der Waals surface area contributed by atoms with Crippen molar-refractivity contribution in [2.24, 2.45) is 5.73 Å². The zero-order chi connectivity index (χ0) is 8.27. The summed E-state index contributed by atoms with van der Waals surface area (Å²) in [5.41, 5.74) is 6.10. The van der Waals surface area contributed by atoms with Crippen LogP contribution in [0.2, 0.25) is 0 Å². The molecule has 0 unspecified atom stereocenters. The number of aromatic nitrogens is 1. The highest BCUT2D eigenvalue weighted by molar-refractivity contribution is 9.10. The predicted octanol–water partition coefficient (Wildman–Crippen LogP) is 0.639. The molecule has 0 fully saturated rings. The molecule has 0 aliphatic rings. The second-order valence-corrected chi connectivity index (χ2v) is 3.14. The second-order valence-electron chi connectivity index (χ2n) is 2.23. The largest absolute Gasteiger partial charge is 0.330 e. The lowest BCUT2D eigenvalue weighted by Crippen LogP contribution is -2.11. The van der Waals surface area contributed by atoms with Crippen molar-refractivity contribution < 1.29 is 0 Å². The summed E-state index contributed by atoms with van der Waals surface area (Å²) in [6, 6.07) is 3.34. The number of pyridine rings is 1. The summed E-state index contributed by atoms with van der Waals surface area (Å²) in [7, 11) is 0. The molecule has 0 radical (unpaired) electrons. The molecule has 3 nitrogen and oxygen atoms in total. The number of hydrogen-bond acceptors (Lipinski definition) is 2. The fraction of sp³-hybridized carbons (Fsp3) is 0.286. The molecule has 0 saturated carbocycles. The van der Waals surface area contributed by atoms with Crippen molar-refractivity contribution in [1.82, 2.24) is 4.98 Å². The van der Waals surface area contributed by atoms with Crippen LogP contribution in [0.5, 0.6) is 0 Å². The van der Waals surface area contributed by atoms with E-state index in [-0.39, 0.29) is 5.56 Å². The molecule has 0 aromatic carbocycles. The Morgan fingerprint density at radius 3 is 2.82 bits per heavy atom. The van der Waals surface area contributed by atoms with Gasteiger partial charge in [-0.3, -0.25) is 4.79 Å². The Balaban J connectivity index is 2.99. The van der Waals surface area contributed by atoms with Crippen molar-refractivity contribution >= 4 is 15.9 Å². The normalized spacial score (nSPS) is 10.0. The Kier molecular flexibility index (Phi) is 2.84. The van der Waals surface area contributed by atoms with Gasteiger partial charge in [-0.1, -0.05) is 15.9 Å². The Morgan fingerprint density at radius 1 is 1.55 bits per heavy atom. The highest BCUT2D eigenvalue weighted by Crippen LogP contribution is 2.06. The molecule has 0 amide bonds. The van der Waals surface area contributed by atoms with Crippen molar-refractivity contribution in [3.8, 4) is 0 Å². The maximum absolute atomic E-state index is 10.9. The minimum absolute atomic E-state index is 0.0946. The fourth-order valence-corrected chi connectivity index (χ4v) is 1.34. The molecule has 1 aromatic heterocycles. The van der Waals surface area contributed by atoms with Crippen molar-refractivity contribution in [3.05, 3.63) is 32.7 Å². The lowest BCUT2D eigenvalue weighted by atomic mass is 10.3. The number of nitrogens with one attached hydrogen (secondary N) is 1. The molecule has 0 spiro atoms. The number of H-pyrrole nitrogens is 1. The first-order valence-electron chi connectivity index (χ1n) is 3.31. The zero-order valence-electron chi connectivity index (χ0n) is 5.93. The predicted molar refractivity (Wildman–Crippen MR) is 47.5 cm³/mol. The van der Waals surface area contributed by atoms with Gasteiger partial charge >= 0.3 is 0 Å². The number of halogens is 1. The molecule has 1 rings (SSSR count). The summed E-state index contributed by atoms with van der Waals surface area (Å²) in [6.07, 6.45) is 0.703. The van der Waals surface area contributed by atoms with Gasteiger partial charge in [0.05, 0.1) is 0 Å². The van der Waals surface area contributed by atoms with E-state index in [9.17, 15) is 4.79 Å². The Bertz CT molecular complexity index is 295. The third-order valence-corrected chi connectivity index (χ3v) is 1.74. The molecule has 0 saturated heterocycles. The van der Waals surface area contributed by atoms with Crippen LogP contribution in [0.1, 0.15) is 5.69 Å². The molecule has 1 heterocycles. The quantitative estimate of drug-likeness (QED) is 0.763. The number of aromatic amines is 1. The van der Waals surface area contributed by atoms with Gasteiger partial charge in [-0.25, -0.2) is 0 Å². The highest BCUT2D eigenvalue weighted by atomic mass is 79.9. The average Bonchev–Trinajstić information content (AvgIpc) is 1.85. The van der Waals surface area contributed by atoms with Crippen LogP contribution in [-0.2, 0) is 6.42 Å². The Hall–Kier alpha value is -0.610. The van der Waals surface area contributed by atoms with Crippen molar-refractivity contribution in [2.45, 2.75) is 6.42 Å². The van der Waals surface area contributed by atoms with E-state index in [0.717, 1.165) is 10.2 Å². The van der Waals surface area contributed by atoms with Crippen LogP contribution in [0.25, 0.3) is 0 Å². The maximum Gasteiger partial charge on any atom is 0.249 e. The second kappa shape index (κ2) is 3.69. The van der Waals surface area contributed by atoms with Crippen LogP contribution in [0.3, 0.4) is 0 Å². The summed E-state index contributed by atoms with van der Waals surface area (Å²) >= 11 is 3.22. The fourth-order valence-electron chi connectivity index (χ4n) is 0.854. The van der Waals surface area contributed by atoms with Crippen molar-refractivity contribution in [3.63, 3.8) is 0 Å². The molecule has 60 valence electrons. The van der Waals surface area contributed by atoms with E-state index in [2.05, 4.69) is 20.9 Å². The molecule has 3 N–H and O–H groups in total. The van der Waals surface area contributed by atoms with E-state index >= 15 is 0 Å². The van der Waals surface area contributed by atoms with Gasteiger partial charge < -0.3 is 10.7 Å². The third kappa shape index (κ3) is 2.48. The molecular formula is C7H9BrN2O. The van der Waals surface area contributed by atoms with E-state index < -0.39 is 0 Å². The first-order chi connectivity index (χ1) is 5.22. The van der Waals surface area contributed by atoms with E-state index in [1.165, 1.54) is 6.07 Å². The molecule has 0 bridgehead atoms. The van der Waals surface area contributed by atoms with Gasteiger partial charge in [0, 0.05) is 16.2 Å². The Morgan fingerprint density at radius 2 is 2.27 bits per heavy atom. The van der Waals surface area contributed by atoms with Crippen LogP contribution in [0, 0.1) is 0 Å². The molecule has 11 heavy (non-hydrogen) atoms. The van der Waals surface area contributed by atoms with Crippen LogP contribution >= 0.6 is 15.9 Å². The average molecular weight is 217 g/mol. The first-order valence-corrected chi connectivity index (χ1v) is 4.10. The summed E-state index contributed by atoms with van der Waals surface area (Å²) in [5, 5.41) is 0. The van der Waals surface area contributed by atoms with E-state index in [0.29, 0.717) is 13.0 Å². The molecule has 0 aliphatic carbocycles. The zero-order valence-corrected chi connectivity index (χ0v) is 7.52. The van der Waals surface area contributed by atoms with E-state index in [1.54, 1.807) is 0 Å². The van der Waals surface area contributed by atoms with Gasteiger partial charge in [0.25, 0.3) is 0 Å². The molecule has 0 aliphatic heterocycles. The standard InChI is InChI=1S/C7H9BrN2O/c8-5-3-6(1-2-9)10-7(11)4-5/h3-4H,1-2,9H2,(H,10,11). The van der Waals surface area contributed by atoms with Gasteiger partial charge in [-0.05, 0) is 19.0 Å². The number of nitrogens with two attached hydrogens (primary N) is 1. The first kappa shape index (κ1) is 8.49. The van der Waals surface area contributed by atoms with E-state index in [4.69, 9.17) is 5.73 Å². The smallest absolute Gasteiger partial charge is 0.249 e. The SMILES string of the molecule is NCCc1cc(Br)cc(=O)[nH]1. The minimum atomic E-state index is -0.0946. The Labute approximate surface area is 72.7 Å². The van der Waals surface area contributed by atoms with Gasteiger partial charge in [-0.2, -0.15) is 0 Å². The number of hydrogen-bond donors (Lipinski definition) is 2. The lowest BCUT2D eigenvalue weighted by molar-refractivity contribution is 0.911. The van der Waals surface area contributed by atoms with Crippen LogP contribution in [0.15, 0.2) is 21.4 Å². The number of rotatable bonds is 2. The molecular weight excluding hydrogens is 208 g/mol. The molecule has 1 aromatic rings. The van der Waals surface area contributed by atoms with Crippen molar-refractivity contribution in [2.75, 3.05) is 6.54 Å². The van der Waals surface area contributed by atoms with Crippen LogP contribution < -0.4 is 11.3 Å². The van der Waals surface area contributed by atoms with Gasteiger partial charge in [0.15, 0.2) is 0 Å². The lowest BCUT2D eigenvalue weighted by Gasteiger charge is -1.97. The van der Waals surface area contributed by atoms with Crippen LogP contribution in [0.4, 0.5) is 0 Å². The molecule has 4 heteroatoms. The molecule has 0 atom stereocenters. The van der Waals surface area contributed by atoms with Crippen molar-refractivity contribution in [1.29, 1.82) is 0 Å². The summed E-state index contributed by atoms with van der Waals surface area (Å²) in [6.45, 7) is 0.548. The highest BCUT2D eigenvalue weighted by Gasteiger charge is 1.94. The van der Waals surface area contributed by atoms with Gasteiger partial charge in [0.2, 0.25) is 5.56 Å². The topological polar surface area (TPSA) is 58.9 Å².